The Bertz CT molecular complexity index is 362. The lowest BCUT2D eigenvalue weighted by atomic mass is 10.2. The standard InChI is InChI=1S/C12H17N3S/c1-9(11-5-3-4-8-14-11)15(10-6-7-10)12(16)13-2/h3-5,8-10H,6-7H2,1-2H3,(H,13,16)/t9-/m0/s1. The molecule has 1 aromatic heterocycles. The number of pyridine rings is 1. The molecule has 2 rings (SSSR count). The Morgan fingerprint density at radius 3 is 2.81 bits per heavy atom. The molecule has 1 aliphatic carbocycles. The van der Waals surface area contributed by atoms with E-state index in [1.807, 2.05) is 25.4 Å². The van der Waals surface area contributed by atoms with Gasteiger partial charge in [-0.2, -0.15) is 0 Å². The van der Waals surface area contributed by atoms with Crippen molar-refractivity contribution in [1.29, 1.82) is 0 Å². The zero-order valence-electron chi connectivity index (χ0n) is 9.68. The van der Waals surface area contributed by atoms with Crippen LogP contribution in [0, 0.1) is 0 Å². The second-order valence-corrected chi connectivity index (χ2v) is 4.51. The summed E-state index contributed by atoms with van der Waals surface area (Å²) in [5, 5.41) is 3.89. The highest BCUT2D eigenvalue weighted by Crippen LogP contribution is 2.33. The van der Waals surface area contributed by atoms with E-state index in [2.05, 4.69) is 28.2 Å². The molecule has 0 saturated heterocycles. The van der Waals surface area contributed by atoms with Crippen molar-refractivity contribution in [3.8, 4) is 0 Å². The monoisotopic (exact) mass is 235 g/mol. The third-order valence-corrected chi connectivity index (χ3v) is 3.34. The highest BCUT2D eigenvalue weighted by atomic mass is 32.1. The van der Waals surface area contributed by atoms with E-state index in [4.69, 9.17) is 12.2 Å². The quantitative estimate of drug-likeness (QED) is 0.812. The van der Waals surface area contributed by atoms with Gasteiger partial charge in [-0.3, -0.25) is 4.98 Å². The smallest absolute Gasteiger partial charge is 0.169 e. The average Bonchev–Trinajstić information content (AvgIpc) is 3.14. The molecule has 0 unspecified atom stereocenters. The lowest BCUT2D eigenvalue weighted by molar-refractivity contribution is 0.318. The molecular weight excluding hydrogens is 218 g/mol. The summed E-state index contributed by atoms with van der Waals surface area (Å²) < 4.78 is 0. The summed E-state index contributed by atoms with van der Waals surface area (Å²) in [6, 6.07) is 6.85. The van der Waals surface area contributed by atoms with E-state index in [0.717, 1.165) is 10.8 Å². The molecule has 0 amide bonds. The van der Waals surface area contributed by atoms with Crippen LogP contribution in [0.1, 0.15) is 31.5 Å². The summed E-state index contributed by atoms with van der Waals surface area (Å²) in [6.07, 6.45) is 4.30. The molecule has 3 nitrogen and oxygen atoms in total. The fraction of sp³-hybridized carbons (Fsp3) is 0.500. The maximum atomic E-state index is 5.36. The summed E-state index contributed by atoms with van der Waals surface area (Å²) >= 11 is 5.36. The van der Waals surface area contributed by atoms with Crippen LogP contribution in [0.15, 0.2) is 24.4 Å². The van der Waals surface area contributed by atoms with E-state index in [9.17, 15) is 0 Å². The second-order valence-electron chi connectivity index (χ2n) is 4.12. The molecule has 1 fully saturated rings. The van der Waals surface area contributed by atoms with Gasteiger partial charge >= 0.3 is 0 Å². The van der Waals surface area contributed by atoms with Gasteiger partial charge in [-0.1, -0.05) is 6.07 Å². The molecule has 4 heteroatoms. The lowest BCUT2D eigenvalue weighted by Crippen LogP contribution is -2.41. The molecule has 86 valence electrons. The maximum Gasteiger partial charge on any atom is 0.169 e. The molecule has 1 aromatic rings. The number of aromatic nitrogens is 1. The van der Waals surface area contributed by atoms with Crippen molar-refractivity contribution >= 4 is 17.3 Å². The molecule has 16 heavy (non-hydrogen) atoms. The number of thiocarbonyl (C=S) groups is 1. The maximum absolute atomic E-state index is 5.36. The topological polar surface area (TPSA) is 28.2 Å². The van der Waals surface area contributed by atoms with Gasteiger partial charge in [-0.15, -0.1) is 0 Å². The van der Waals surface area contributed by atoms with Crippen LogP contribution in [0.3, 0.4) is 0 Å². The van der Waals surface area contributed by atoms with E-state index in [0.29, 0.717) is 6.04 Å². The number of nitrogens with zero attached hydrogens (tertiary/aromatic N) is 2. The van der Waals surface area contributed by atoms with Gasteiger partial charge in [0.15, 0.2) is 5.11 Å². The van der Waals surface area contributed by atoms with E-state index in [1.54, 1.807) is 0 Å². The summed E-state index contributed by atoms with van der Waals surface area (Å²) in [5.74, 6) is 0. The highest BCUT2D eigenvalue weighted by molar-refractivity contribution is 7.80. The van der Waals surface area contributed by atoms with Crippen molar-refractivity contribution in [3.63, 3.8) is 0 Å². The van der Waals surface area contributed by atoms with Crippen LogP contribution in [-0.4, -0.2) is 28.1 Å². The second kappa shape index (κ2) is 4.78. The lowest BCUT2D eigenvalue weighted by Gasteiger charge is -2.30. The van der Waals surface area contributed by atoms with Gasteiger partial charge in [0, 0.05) is 19.3 Å². The highest BCUT2D eigenvalue weighted by Gasteiger charge is 2.34. The molecule has 1 atom stereocenters. The Morgan fingerprint density at radius 2 is 2.31 bits per heavy atom. The predicted octanol–water partition coefficient (Wildman–Crippen LogP) is 2.11. The first-order chi connectivity index (χ1) is 7.74. The average molecular weight is 235 g/mol. The summed E-state index contributed by atoms with van der Waals surface area (Å²) in [7, 11) is 1.88. The molecule has 0 bridgehead atoms. The molecule has 1 aliphatic rings. The summed E-state index contributed by atoms with van der Waals surface area (Å²) in [6.45, 7) is 2.16. The van der Waals surface area contributed by atoms with Gasteiger partial charge in [-0.05, 0) is 44.1 Å². The molecule has 0 spiro atoms. The van der Waals surface area contributed by atoms with Gasteiger partial charge in [0.25, 0.3) is 0 Å². The van der Waals surface area contributed by atoms with Gasteiger partial charge in [0.05, 0.1) is 11.7 Å². The molecular formula is C12H17N3S. The third-order valence-electron chi connectivity index (χ3n) is 2.92. The Morgan fingerprint density at radius 1 is 1.56 bits per heavy atom. The van der Waals surface area contributed by atoms with Crippen molar-refractivity contribution in [2.45, 2.75) is 31.8 Å². The van der Waals surface area contributed by atoms with E-state index >= 15 is 0 Å². The first-order valence-electron chi connectivity index (χ1n) is 5.65. The van der Waals surface area contributed by atoms with Crippen molar-refractivity contribution in [2.24, 2.45) is 0 Å². The largest absolute Gasteiger partial charge is 0.366 e. The molecule has 1 heterocycles. The van der Waals surface area contributed by atoms with Crippen molar-refractivity contribution < 1.29 is 0 Å². The van der Waals surface area contributed by atoms with Gasteiger partial charge in [0.2, 0.25) is 0 Å². The van der Waals surface area contributed by atoms with Crippen LogP contribution in [0.4, 0.5) is 0 Å². The van der Waals surface area contributed by atoms with Crippen LogP contribution in [-0.2, 0) is 0 Å². The number of rotatable bonds is 3. The normalized spacial score (nSPS) is 16.6. The number of nitrogens with one attached hydrogen (secondary N) is 1. The van der Waals surface area contributed by atoms with Crippen LogP contribution in [0.5, 0.6) is 0 Å². The number of hydrogen-bond donors (Lipinski definition) is 1. The fourth-order valence-corrected chi connectivity index (χ4v) is 2.21. The minimum atomic E-state index is 0.244. The van der Waals surface area contributed by atoms with Crippen LogP contribution in [0.25, 0.3) is 0 Å². The number of hydrogen-bond acceptors (Lipinski definition) is 2. The molecule has 1 N–H and O–H groups in total. The third kappa shape index (κ3) is 2.32. The minimum absolute atomic E-state index is 0.244. The zero-order valence-corrected chi connectivity index (χ0v) is 10.5. The van der Waals surface area contributed by atoms with E-state index in [1.165, 1.54) is 12.8 Å². The van der Waals surface area contributed by atoms with Crippen molar-refractivity contribution in [2.75, 3.05) is 7.05 Å². The van der Waals surface area contributed by atoms with Crippen molar-refractivity contribution in [3.05, 3.63) is 30.1 Å². The van der Waals surface area contributed by atoms with E-state index < -0.39 is 0 Å². The van der Waals surface area contributed by atoms with Crippen LogP contribution >= 0.6 is 12.2 Å². The van der Waals surface area contributed by atoms with Gasteiger partial charge in [0.1, 0.15) is 0 Å². The Balaban J connectivity index is 2.17. The summed E-state index contributed by atoms with van der Waals surface area (Å²) in [4.78, 5) is 6.66. The van der Waals surface area contributed by atoms with Gasteiger partial charge < -0.3 is 10.2 Å². The molecule has 1 saturated carbocycles. The first kappa shape index (κ1) is 11.3. The molecule has 0 aromatic carbocycles. The van der Waals surface area contributed by atoms with Crippen LogP contribution < -0.4 is 5.32 Å². The van der Waals surface area contributed by atoms with Gasteiger partial charge in [-0.25, -0.2) is 0 Å². The molecule has 0 aliphatic heterocycles. The van der Waals surface area contributed by atoms with Crippen molar-refractivity contribution in [1.82, 2.24) is 15.2 Å². The zero-order chi connectivity index (χ0) is 11.5. The van der Waals surface area contributed by atoms with Crippen LogP contribution in [0.2, 0.25) is 0 Å². The summed E-state index contributed by atoms with van der Waals surface area (Å²) in [5.41, 5.74) is 1.08. The molecule has 0 radical (unpaired) electrons. The SMILES string of the molecule is CNC(=S)N(C1CC1)[C@@H](C)c1ccccn1. The Hall–Kier alpha value is -1.16. The Labute approximate surface area is 102 Å². The predicted molar refractivity (Wildman–Crippen MR) is 69.2 cm³/mol. The first-order valence-corrected chi connectivity index (χ1v) is 6.06. The van der Waals surface area contributed by atoms with E-state index in [-0.39, 0.29) is 6.04 Å². The fourth-order valence-electron chi connectivity index (χ4n) is 1.91. The minimum Gasteiger partial charge on any atom is -0.366 e. The Kier molecular flexibility index (Phi) is 3.39.